The van der Waals surface area contributed by atoms with E-state index < -0.39 is 71.4 Å². The lowest BCUT2D eigenvalue weighted by Gasteiger charge is -2.36. The van der Waals surface area contributed by atoms with Crippen molar-refractivity contribution in [2.24, 2.45) is 17.8 Å². The molecule has 1 aliphatic carbocycles. The van der Waals surface area contributed by atoms with Gasteiger partial charge in [-0.2, -0.15) is 26.3 Å². The van der Waals surface area contributed by atoms with E-state index in [1.54, 1.807) is 18.2 Å². The van der Waals surface area contributed by atoms with Gasteiger partial charge in [-0.3, -0.25) is 9.59 Å². The Hall–Kier alpha value is -4.46. The first-order valence-electron chi connectivity index (χ1n) is 15.4. The number of anilines is 1. The molecule has 4 atom stereocenters. The lowest BCUT2D eigenvalue weighted by Crippen LogP contribution is -2.39. The second kappa shape index (κ2) is 14.2. The van der Waals surface area contributed by atoms with Crippen LogP contribution in [-0.2, 0) is 26.7 Å². The monoisotopic (exact) mass is 689 g/mol. The first kappa shape index (κ1) is 35.8. The van der Waals surface area contributed by atoms with Gasteiger partial charge >= 0.3 is 12.4 Å². The molecule has 0 radical (unpaired) electrons. The number of phenols is 1. The number of nitrogens with zero attached hydrogens (tertiary/aromatic N) is 1. The molecule has 0 spiro atoms. The van der Waals surface area contributed by atoms with E-state index in [0.717, 1.165) is 11.1 Å². The van der Waals surface area contributed by atoms with Crippen LogP contribution in [0.15, 0.2) is 83.9 Å². The van der Waals surface area contributed by atoms with E-state index in [0.29, 0.717) is 28.2 Å². The van der Waals surface area contributed by atoms with Crippen molar-refractivity contribution in [3.63, 3.8) is 0 Å². The number of allylic oxidation sites excluding steroid dienone is 1. The highest BCUT2D eigenvalue weighted by Gasteiger charge is 2.55. The van der Waals surface area contributed by atoms with Gasteiger partial charge in [0.05, 0.1) is 48.0 Å². The normalized spacial score (nSPS) is 21.0. The highest BCUT2D eigenvalue weighted by atomic mass is 19.4. The van der Waals surface area contributed by atoms with Gasteiger partial charge in [-0.25, -0.2) is 4.90 Å². The summed E-state index contributed by atoms with van der Waals surface area (Å²) in [6.45, 7) is -0.852. The molecule has 0 bridgehead atoms. The van der Waals surface area contributed by atoms with Crippen LogP contribution in [0, 0.1) is 17.8 Å². The standard InChI is InChI=1S/C36H33F6NO6/c1-49-19-23-14-28-32(34(48)43(33(28)47)26-16-24(35(37,38)39)15-25(17-26)36(40,41)42)29(18-44)31(23)30(46)11-10-22(21-7-3-2-4-8-21)12-20-6-5-9-27(45)13-20/h2-9,12-13,15-17,28-30,32,44-46H,10-11,14,18-19H2,1H3/b22-12-/t28-,29+,30-,32-/m1/s1. The van der Waals surface area contributed by atoms with Crippen LogP contribution in [0.1, 0.15) is 41.5 Å². The summed E-state index contributed by atoms with van der Waals surface area (Å²) < 4.78 is 87.1. The minimum absolute atomic E-state index is 0.0580. The molecule has 49 heavy (non-hydrogen) atoms. The maximum absolute atomic E-state index is 13.8. The Morgan fingerprint density at radius 2 is 1.59 bits per heavy atom. The van der Waals surface area contributed by atoms with Gasteiger partial charge in [0.1, 0.15) is 5.75 Å². The number of rotatable bonds is 10. The van der Waals surface area contributed by atoms with Crippen LogP contribution in [0.5, 0.6) is 5.75 Å². The summed E-state index contributed by atoms with van der Waals surface area (Å²) in [7, 11) is 1.36. The maximum Gasteiger partial charge on any atom is 0.416 e. The van der Waals surface area contributed by atoms with Crippen molar-refractivity contribution in [3.05, 3.63) is 106 Å². The number of alkyl halides is 6. The third-order valence-corrected chi connectivity index (χ3v) is 8.93. The van der Waals surface area contributed by atoms with Crippen LogP contribution in [0.4, 0.5) is 32.0 Å². The Bertz CT molecular complexity index is 1740. The van der Waals surface area contributed by atoms with Crippen LogP contribution < -0.4 is 4.90 Å². The number of aliphatic hydroxyl groups is 2. The zero-order chi connectivity index (χ0) is 35.7. The predicted molar refractivity (Wildman–Crippen MR) is 168 cm³/mol. The second-order valence-corrected chi connectivity index (χ2v) is 12.1. The molecule has 1 heterocycles. The first-order chi connectivity index (χ1) is 23.1. The summed E-state index contributed by atoms with van der Waals surface area (Å²) in [5, 5.41) is 32.2. The van der Waals surface area contributed by atoms with Gasteiger partial charge in [-0.15, -0.1) is 0 Å². The summed E-state index contributed by atoms with van der Waals surface area (Å²) in [5.41, 5.74) is -1.31. The van der Waals surface area contributed by atoms with E-state index in [2.05, 4.69) is 0 Å². The van der Waals surface area contributed by atoms with Gasteiger partial charge in [0, 0.05) is 13.0 Å². The molecular weight excluding hydrogens is 656 g/mol. The third kappa shape index (κ3) is 7.58. The van der Waals surface area contributed by atoms with E-state index in [-0.39, 0.29) is 43.3 Å². The number of hydrogen-bond acceptors (Lipinski definition) is 6. The average molecular weight is 690 g/mol. The number of benzene rings is 3. The fourth-order valence-corrected chi connectivity index (χ4v) is 6.80. The predicted octanol–water partition coefficient (Wildman–Crippen LogP) is 6.87. The van der Waals surface area contributed by atoms with Crippen molar-refractivity contribution in [2.45, 2.75) is 37.7 Å². The van der Waals surface area contributed by atoms with Gasteiger partial charge in [0.2, 0.25) is 11.8 Å². The Labute approximate surface area is 277 Å². The molecule has 3 aromatic rings. The highest BCUT2D eigenvalue weighted by Crippen LogP contribution is 2.48. The largest absolute Gasteiger partial charge is 0.508 e. The molecular formula is C36H33F6NO6. The summed E-state index contributed by atoms with van der Waals surface area (Å²) in [4.78, 5) is 27.8. The van der Waals surface area contributed by atoms with Gasteiger partial charge in [0.25, 0.3) is 0 Å². The number of aromatic hydroxyl groups is 1. The number of ether oxygens (including phenoxy) is 1. The molecule has 2 aliphatic rings. The van der Waals surface area contributed by atoms with Crippen LogP contribution in [0.25, 0.3) is 11.6 Å². The minimum atomic E-state index is -5.21. The molecule has 13 heteroatoms. The number of carbonyl (C=O) groups is 2. The van der Waals surface area contributed by atoms with Crippen molar-refractivity contribution in [3.8, 4) is 5.75 Å². The van der Waals surface area contributed by atoms with Gasteiger partial charge in [-0.1, -0.05) is 48.5 Å². The van der Waals surface area contributed by atoms with Crippen LogP contribution in [0.3, 0.4) is 0 Å². The molecule has 5 rings (SSSR count). The average Bonchev–Trinajstić information content (AvgIpc) is 3.30. The first-order valence-corrected chi connectivity index (χ1v) is 15.4. The summed E-state index contributed by atoms with van der Waals surface area (Å²) >= 11 is 0. The molecule has 3 aromatic carbocycles. The fourth-order valence-electron chi connectivity index (χ4n) is 6.80. The minimum Gasteiger partial charge on any atom is -0.508 e. The number of amides is 2. The van der Waals surface area contributed by atoms with Gasteiger partial charge in [-0.05, 0) is 77.4 Å². The third-order valence-electron chi connectivity index (χ3n) is 8.93. The number of halogens is 6. The molecule has 0 unspecified atom stereocenters. The van der Waals surface area contributed by atoms with Crippen molar-refractivity contribution >= 4 is 29.2 Å². The van der Waals surface area contributed by atoms with Crippen molar-refractivity contribution in [1.29, 1.82) is 0 Å². The molecule has 3 N–H and O–H groups in total. The zero-order valence-corrected chi connectivity index (χ0v) is 26.1. The van der Waals surface area contributed by atoms with Crippen molar-refractivity contribution in [2.75, 3.05) is 25.2 Å². The summed E-state index contributed by atoms with van der Waals surface area (Å²) in [6.07, 6.45) is -9.67. The molecule has 260 valence electrons. The number of phenolic OH excluding ortho intramolecular Hbond substituents is 1. The van der Waals surface area contributed by atoms with E-state index in [1.165, 1.54) is 13.2 Å². The van der Waals surface area contributed by atoms with E-state index >= 15 is 0 Å². The fraction of sp³-hybridized carbons (Fsp3) is 0.333. The molecule has 1 fully saturated rings. The van der Waals surface area contributed by atoms with Crippen molar-refractivity contribution in [1.82, 2.24) is 0 Å². The highest BCUT2D eigenvalue weighted by molar-refractivity contribution is 6.22. The van der Waals surface area contributed by atoms with E-state index in [1.807, 2.05) is 36.4 Å². The van der Waals surface area contributed by atoms with Gasteiger partial charge < -0.3 is 20.1 Å². The van der Waals surface area contributed by atoms with Crippen LogP contribution >= 0.6 is 0 Å². The second-order valence-electron chi connectivity index (χ2n) is 12.1. The molecule has 1 saturated heterocycles. The zero-order valence-electron chi connectivity index (χ0n) is 26.1. The Morgan fingerprint density at radius 3 is 2.16 bits per heavy atom. The smallest absolute Gasteiger partial charge is 0.416 e. The number of aliphatic hydroxyl groups excluding tert-OH is 2. The Morgan fingerprint density at radius 1 is 0.939 bits per heavy atom. The molecule has 1 aliphatic heterocycles. The topological polar surface area (TPSA) is 107 Å². The molecule has 2 amide bonds. The van der Waals surface area contributed by atoms with Gasteiger partial charge in [0.15, 0.2) is 0 Å². The Balaban J connectivity index is 1.49. The Kier molecular flexibility index (Phi) is 10.4. The van der Waals surface area contributed by atoms with Crippen molar-refractivity contribution < 1.29 is 56.0 Å². The maximum atomic E-state index is 13.8. The molecule has 7 nitrogen and oxygen atoms in total. The summed E-state index contributed by atoms with van der Waals surface area (Å²) in [5.74, 6) is -5.78. The number of methoxy groups -OCH3 is 1. The lowest BCUT2D eigenvalue weighted by atomic mass is 9.68. The lowest BCUT2D eigenvalue weighted by molar-refractivity contribution is -0.143. The number of imide groups is 1. The quantitative estimate of drug-likeness (QED) is 0.0929. The summed E-state index contributed by atoms with van der Waals surface area (Å²) in [6, 6.07) is 16.3. The van der Waals surface area contributed by atoms with E-state index in [9.17, 15) is 51.3 Å². The molecule has 0 saturated carbocycles. The van der Waals surface area contributed by atoms with E-state index in [4.69, 9.17) is 4.74 Å². The molecule has 0 aromatic heterocycles. The number of carbonyl (C=O) groups excluding carboxylic acids is 2. The number of hydrogen-bond donors (Lipinski definition) is 3. The van der Waals surface area contributed by atoms with Crippen LogP contribution in [-0.4, -0.2) is 53.6 Å². The SMILES string of the molecule is COCC1=C([C@H](O)CC/C(=C/c2cccc(O)c2)c2ccccc2)[C@H](CO)[C@@H]2C(=O)N(c3cc(C(F)(F)F)cc(C(F)(F)F)c3)C(=O)[C@@H]2C1. The number of fused-ring (bicyclic) bond motifs is 1. The van der Waals surface area contributed by atoms with Crippen LogP contribution in [0.2, 0.25) is 0 Å².